The van der Waals surface area contributed by atoms with E-state index in [1.54, 1.807) is 4.90 Å². The summed E-state index contributed by atoms with van der Waals surface area (Å²) in [5, 5.41) is 15.2. The van der Waals surface area contributed by atoms with Crippen LogP contribution < -0.4 is 10.6 Å². The second-order valence-electron chi connectivity index (χ2n) is 5.58. The molecule has 1 aliphatic rings. The Balaban J connectivity index is 1.75. The fourth-order valence-corrected chi connectivity index (χ4v) is 2.71. The van der Waals surface area contributed by atoms with Crippen molar-refractivity contribution >= 4 is 11.7 Å². The van der Waals surface area contributed by atoms with Crippen LogP contribution in [0.1, 0.15) is 16.7 Å². The molecule has 122 valence electrons. The predicted molar refractivity (Wildman–Crippen MR) is 88.7 cm³/mol. The van der Waals surface area contributed by atoms with E-state index in [0.29, 0.717) is 37.3 Å². The van der Waals surface area contributed by atoms with Crippen molar-refractivity contribution in [1.82, 2.24) is 10.2 Å². The number of hydrogen-bond donors (Lipinski definition) is 2. The van der Waals surface area contributed by atoms with Crippen LogP contribution in [0.2, 0.25) is 0 Å². The van der Waals surface area contributed by atoms with Crippen molar-refractivity contribution in [2.45, 2.75) is 13.1 Å². The van der Waals surface area contributed by atoms with E-state index >= 15 is 0 Å². The van der Waals surface area contributed by atoms with Gasteiger partial charge < -0.3 is 15.5 Å². The number of rotatable bonds is 5. The number of nitrogens with one attached hydrogen (secondary N) is 2. The lowest BCUT2D eigenvalue weighted by Crippen LogP contribution is -2.27. The standard InChI is InChI=1S/C18H17FN4O/c19-16-6-5-13(10-20)15(9-16)11-22-17-4-2-1-3-14(17)12-23-8-7-21-18(23)24/h1-6,9,22H,7-8,11-12H2,(H,21,24). The number of nitrogens with zero attached hydrogens (tertiary/aromatic N) is 2. The van der Waals surface area contributed by atoms with Crippen LogP contribution in [0.4, 0.5) is 14.9 Å². The zero-order valence-corrected chi connectivity index (χ0v) is 13.1. The molecule has 0 bridgehead atoms. The molecular formula is C18H17FN4O. The molecule has 1 fully saturated rings. The molecule has 0 saturated carbocycles. The number of benzene rings is 2. The summed E-state index contributed by atoms with van der Waals surface area (Å²) in [7, 11) is 0. The van der Waals surface area contributed by atoms with Gasteiger partial charge in [-0.1, -0.05) is 18.2 Å². The Hall–Kier alpha value is -3.07. The Morgan fingerprint density at radius 1 is 1.25 bits per heavy atom. The van der Waals surface area contributed by atoms with E-state index in [1.807, 2.05) is 24.3 Å². The molecule has 0 spiro atoms. The third-order valence-electron chi connectivity index (χ3n) is 3.98. The van der Waals surface area contributed by atoms with E-state index in [2.05, 4.69) is 16.7 Å². The van der Waals surface area contributed by atoms with Gasteiger partial charge in [0.1, 0.15) is 5.82 Å². The van der Waals surface area contributed by atoms with E-state index < -0.39 is 0 Å². The van der Waals surface area contributed by atoms with Crippen molar-refractivity contribution in [1.29, 1.82) is 5.26 Å². The normalized spacial score (nSPS) is 13.5. The molecule has 0 aliphatic carbocycles. The van der Waals surface area contributed by atoms with Crippen LogP contribution in [-0.4, -0.2) is 24.0 Å². The fraction of sp³-hybridized carbons (Fsp3) is 0.222. The molecule has 0 radical (unpaired) electrons. The molecule has 1 aliphatic heterocycles. The highest BCUT2D eigenvalue weighted by molar-refractivity contribution is 5.76. The van der Waals surface area contributed by atoms with Crippen LogP contribution >= 0.6 is 0 Å². The van der Waals surface area contributed by atoms with Crippen molar-refractivity contribution in [2.24, 2.45) is 0 Å². The number of urea groups is 1. The SMILES string of the molecule is N#Cc1ccc(F)cc1CNc1ccccc1CN1CCNC1=O. The summed E-state index contributed by atoms with van der Waals surface area (Å²) in [6.07, 6.45) is 0. The fourth-order valence-electron chi connectivity index (χ4n) is 2.71. The molecule has 3 rings (SSSR count). The molecule has 1 saturated heterocycles. The van der Waals surface area contributed by atoms with Gasteiger partial charge in [0.25, 0.3) is 0 Å². The minimum atomic E-state index is -0.368. The largest absolute Gasteiger partial charge is 0.381 e. The third kappa shape index (κ3) is 3.46. The highest BCUT2D eigenvalue weighted by Crippen LogP contribution is 2.20. The lowest BCUT2D eigenvalue weighted by Gasteiger charge is -2.18. The monoisotopic (exact) mass is 324 g/mol. The Morgan fingerprint density at radius 3 is 2.83 bits per heavy atom. The molecule has 0 aromatic heterocycles. The van der Waals surface area contributed by atoms with Gasteiger partial charge in [0, 0.05) is 31.9 Å². The molecule has 24 heavy (non-hydrogen) atoms. The Bertz CT molecular complexity index is 800. The summed E-state index contributed by atoms with van der Waals surface area (Å²) >= 11 is 0. The van der Waals surface area contributed by atoms with Gasteiger partial charge in [0.05, 0.1) is 11.6 Å². The number of para-hydroxylation sites is 1. The van der Waals surface area contributed by atoms with Gasteiger partial charge in [-0.15, -0.1) is 0 Å². The first kappa shape index (κ1) is 15.8. The average Bonchev–Trinajstić information content (AvgIpc) is 2.99. The van der Waals surface area contributed by atoms with Gasteiger partial charge in [-0.25, -0.2) is 9.18 Å². The summed E-state index contributed by atoms with van der Waals surface area (Å²) < 4.78 is 13.4. The van der Waals surface area contributed by atoms with E-state index in [-0.39, 0.29) is 11.8 Å². The third-order valence-corrected chi connectivity index (χ3v) is 3.98. The van der Waals surface area contributed by atoms with Gasteiger partial charge in [0.2, 0.25) is 0 Å². The van der Waals surface area contributed by atoms with E-state index in [4.69, 9.17) is 5.26 Å². The van der Waals surface area contributed by atoms with Crippen molar-refractivity contribution in [3.05, 3.63) is 65.0 Å². The maximum Gasteiger partial charge on any atom is 0.317 e. The minimum Gasteiger partial charge on any atom is -0.381 e. The van der Waals surface area contributed by atoms with Crippen LogP contribution in [-0.2, 0) is 13.1 Å². The Morgan fingerprint density at radius 2 is 2.08 bits per heavy atom. The quantitative estimate of drug-likeness (QED) is 0.888. The summed E-state index contributed by atoms with van der Waals surface area (Å²) in [6, 6.07) is 13.8. The average molecular weight is 324 g/mol. The molecule has 1 heterocycles. The number of carbonyl (C=O) groups is 1. The molecule has 2 amide bonds. The van der Waals surface area contributed by atoms with E-state index in [0.717, 1.165) is 11.3 Å². The zero-order chi connectivity index (χ0) is 16.9. The minimum absolute atomic E-state index is 0.0679. The smallest absolute Gasteiger partial charge is 0.317 e. The van der Waals surface area contributed by atoms with Crippen molar-refractivity contribution in [2.75, 3.05) is 18.4 Å². The second-order valence-corrected chi connectivity index (χ2v) is 5.58. The van der Waals surface area contributed by atoms with Crippen molar-refractivity contribution in [3.63, 3.8) is 0 Å². The van der Waals surface area contributed by atoms with Crippen LogP contribution in [0, 0.1) is 17.1 Å². The summed E-state index contributed by atoms with van der Waals surface area (Å²) in [6.45, 7) is 2.17. The first-order valence-corrected chi connectivity index (χ1v) is 7.70. The van der Waals surface area contributed by atoms with Gasteiger partial charge in [-0.05, 0) is 35.4 Å². The highest BCUT2D eigenvalue weighted by atomic mass is 19.1. The number of amides is 2. The van der Waals surface area contributed by atoms with Crippen molar-refractivity contribution < 1.29 is 9.18 Å². The summed E-state index contributed by atoms with van der Waals surface area (Å²) in [5.74, 6) is -0.368. The van der Waals surface area contributed by atoms with Gasteiger partial charge in [-0.2, -0.15) is 5.26 Å². The molecular weight excluding hydrogens is 307 g/mol. The van der Waals surface area contributed by atoms with Gasteiger partial charge >= 0.3 is 6.03 Å². The lowest BCUT2D eigenvalue weighted by molar-refractivity contribution is 0.215. The summed E-state index contributed by atoms with van der Waals surface area (Å²) in [5.41, 5.74) is 2.89. The lowest BCUT2D eigenvalue weighted by atomic mass is 10.1. The molecule has 0 atom stereocenters. The maximum absolute atomic E-state index is 13.4. The molecule has 5 nitrogen and oxygen atoms in total. The second kappa shape index (κ2) is 7.01. The molecule has 2 aromatic rings. The number of hydrogen-bond acceptors (Lipinski definition) is 3. The first-order valence-electron chi connectivity index (χ1n) is 7.70. The molecule has 6 heteroatoms. The Kier molecular flexibility index (Phi) is 4.62. The predicted octanol–water partition coefficient (Wildman–Crippen LogP) is 2.83. The highest BCUT2D eigenvalue weighted by Gasteiger charge is 2.20. The van der Waals surface area contributed by atoms with Crippen LogP contribution in [0.3, 0.4) is 0 Å². The van der Waals surface area contributed by atoms with E-state index in [9.17, 15) is 9.18 Å². The number of carbonyl (C=O) groups excluding carboxylic acids is 1. The molecule has 2 N–H and O–H groups in total. The van der Waals surface area contributed by atoms with Crippen molar-refractivity contribution in [3.8, 4) is 6.07 Å². The maximum atomic E-state index is 13.4. The van der Waals surface area contributed by atoms with E-state index in [1.165, 1.54) is 18.2 Å². The van der Waals surface area contributed by atoms with Crippen LogP contribution in [0.5, 0.6) is 0 Å². The summed E-state index contributed by atoms with van der Waals surface area (Å²) in [4.78, 5) is 13.4. The first-order chi connectivity index (χ1) is 11.7. The zero-order valence-electron chi connectivity index (χ0n) is 13.1. The van der Waals surface area contributed by atoms with Crippen LogP contribution in [0.15, 0.2) is 42.5 Å². The molecule has 0 unspecified atom stereocenters. The Labute approximate surface area is 139 Å². The van der Waals surface area contributed by atoms with Crippen LogP contribution in [0.25, 0.3) is 0 Å². The van der Waals surface area contributed by atoms with Gasteiger partial charge in [-0.3, -0.25) is 0 Å². The number of nitriles is 1. The van der Waals surface area contributed by atoms with Gasteiger partial charge in [0.15, 0.2) is 0 Å². The topological polar surface area (TPSA) is 68.2 Å². The molecule has 2 aromatic carbocycles. The number of anilines is 1. The number of halogens is 1.